The molecule has 6 heteroatoms. The number of hydrogen-bond acceptors (Lipinski definition) is 4. The van der Waals surface area contributed by atoms with Gasteiger partial charge in [-0.15, -0.1) is 0 Å². The summed E-state index contributed by atoms with van der Waals surface area (Å²) in [6.07, 6.45) is 1.42. The van der Waals surface area contributed by atoms with Crippen LogP contribution in [-0.2, 0) is 7.05 Å². The molecule has 2 aromatic rings. The van der Waals surface area contributed by atoms with Gasteiger partial charge in [-0.25, -0.2) is 0 Å². The van der Waals surface area contributed by atoms with E-state index >= 15 is 0 Å². The summed E-state index contributed by atoms with van der Waals surface area (Å²) in [4.78, 5) is 17.2. The number of nitrogens with zero attached hydrogens (tertiary/aromatic N) is 4. The van der Waals surface area contributed by atoms with E-state index < -0.39 is 0 Å². The summed E-state index contributed by atoms with van der Waals surface area (Å²) < 4.78 is 1.68. The van der Waals surface area contributed by atoms with E-state index in [4.69, 9.17) is 0 Å². The number of amides is 1. The average molecular weight is 368 g/mol. The lowest BCUT2D eigenvalue weighted by molar-refractivity contribution is 0.00940. The molecule has 27 heavy (non-hydrogen) atoms. The van der Waals surface area contributed by atoms with Crippen molar-refractivity contribution in [1.82, 2.24) is 19.6 Å². The molecule has 1 aromatic heterocycles. The van der Waals surface area contributed by atoms with E-state index in [-0.39, 0.29) is 18.1 Å². The van der Waals surface area contributed by atoms with Gasteiger partial charge in [0.05, 0.1) is 11.8 Å². The standard InChI is InChI=1S/C21H28N4O2/c1-23(2)18-9-15-12-25(13-16(15)10-20(18)26)21(27)19-11-17(22-24(19)3)14-7-5-4-6-8-14/h4-8,11,15-16,18,20,26H,9-10,12-13H2,1-3H3/t15-,16+,18-,20-/m1/s1. The van der Waals surface area contributed by atoms with Crippen molar-refractivity contribution >= 4 is 5.91 Å². The zero-order valence-electron chi connectivity index (χ0n) is 16.2. The van der Waals surface area contributed by atoms with Crippen molar-refractivity contribution in [2.45, 2.75) is 25.0 Å². The molecule has 1 saturated heterocycles. The third-order valence-electron chi connectivity index (χ3n) is 6.23. The zero-order valence-corrected chi connectivity index (χ0v) is 16.2. The van der Waals surface area contributed by atoms with E-state index in [1.165, 1.54) is 0 Å². The Labute approximate surface area is 160 Å². The fraction of sp³-hybridized carbons (Fsp3) is 0.524. The Balaban J connectivity index is 1.51. The fourth-order valence-corrected chi connectivity index (χ4v) is 4.71. The maximum absolute atomic E-state index is 13.1. The number of fused-ring (bicyclic) bond motifs is 1. The lowest BCUT2D eigenvalue weighted by Gasteiger charge is -2.38. The van der Waals surface area contributed by atoms with E-state index in [0.29, 0.717) is 17.5 Å². The van der Waals surface area contributed by atoms with Crippen LogP contribution in [0.25, 0.3) is 11.3 Å². The third-order valence-corrected chi connectivity index (χ3v) is 6.23. The molecule has 1 aliphatic carbocycles. The maximum atomic E-state index is 13.1. The highest BCUT2D eigenvalue weighted by atomic mass is 16.3. The minimum Gasteiger partial charge on any atom is -0.391 e. The van der Waals surface area contributed by atoms with Crippen LogP contribution in [0.15, 0.2) is 36.4 Å². The summed E-state index contributed by atoms with van der Waals surface area (Å²) >= 11 is 0. The first kappa shape index (κ1) is 18.2. The summed E-state index contributed by atoms with van der Waals surface area (Å²) in [7, 11) is 5.87. The number of aryl methyl sites for hydroxylation is 1. The molecule has 0 unspecified atom stereocenters. The van der Waals surface area contributed by atoms with E-state index in [9.17, 15) is 9.90 Å². The van der Waals surface area contributed by atoms with Gasteiger partial charge in [-0.1, -0.05) is 30.3 Å². The van der Waals surface area contributed by atoms with Crippen LogP contribution in [0, 0.1) is 11.8 Å². The van der Waals surface area contributed by atoms with E-state index in [2.05, 4.69) is 10.00 Å². The molecular weight excluding hydrogens is 340 g/mol. The molecule has 0 radical (unpaired) electrons. The molecule has 1 aromatic carbocycles. The minimum absolute atomic E-state index is 0.0393. The zero-order chi connectivity index (χ0) is 19.1. The largest absolute Gasteiger partial charge is 0.391 e. The predicted molar refractivity (Wildman–Crippen MR) is 104 cm³/mol. The monoisotopic (exact) mass is 368 g/mol. The molecule has 2 fully saturated rings. The number of benzene rings is 1. The van der Waals surface area contributed by atoms with Gasteiger partial charge in [0.15, 0.2) is 0 Å². The molecule has 4 rings (SSSR count). The Kier molecular flexibility index (Phi) is 4.78. The number of aliphatic hydroxyl groups excluding tert-OH is 1. The third kappa shape index (κ3) is 3.39. The van der Waals surface area contributed by atoms with Crippen LogP contribution in [0.1, 0.15) is 23.3 Å². The van der Waals surface area contributed by atoms with Gasteiger partial charge < -0.3 is 14.9 Å². The second-order valence-electron chi connectivity index (χ2n) is 8.20. The highest BCUT2D eigenvalue weighted by molar-refractivity contribution is 5.94. The second kappa shape index (κ2) is 7.09. The van der Waals surface area contributed by atoms with E-state index in [0.717, 1.165) is 37.2 Å². The Morgan fingerprint density at radius 1 is 1.15 bits per heavy atom. The molecular formula is C21H28N4O2. The summed E-state index contributed by atoms with van der Waals surface area (Å²) in [6.45, 7) is 1.50. The van der Waals surface area contributed by atoms with E-state index in [1.54, 1.807) is 4.68 Å². The molecule has 144 valence electrons. The molecule has 2 aliphatic rings. The summed E-state index contributed by atoms with van der Waals surface area (Å²) in [5.41, 5.74) is 2.46. The van der Waals surface area contributed by atoms with Crippen molar-refractivity contribution in [3.8, 4) is 11.3 Å². The van der Waals surface area contributed by atoms with Crippen molar-refractivity contribution in [1.29, 1.82) is 0 Å². The highest BCUT2D eigenvalue weighted by Gasteiger charge is 2.44. The number of aromatic nitrogens is 2. The topological polar surface area (TPSA) is 61.6 Å². The van der Waals surface area contributed by atoms with Crippen LogP contribution in [0.4, 0.5) is 0 Å². The first-order chi connectivity index (χ1) is 12.9. The Morgan fingerprint density at radius 2 is 1.81 bits per heavy atom. The van der Waals surface area contributed by atoms with Gasteiger partial charge >= 0.3 is 0 Å². The first-order valence-electron chi connectivity index (χ1n) is 9.67. The first-order valence-corrected chi connectivity index (χ1v) is 9.67. The number of carbonyl (C=O) groups is 1. The predicted octanol–water partition coefficient (Wildman–Crippen LogP) is 1.86. The van der Waals surface area contributed by atoms with Crippen molar-refractivity contribution < 1.29 is 9.90 Å². The smallest absolute Gasteiger partial charge is 0.272 e. The van der Waals surface area contributed by atoms with Gasteiger partial charge in [-0.3, -0.25) is 9.48 Å². The molecule has 1 saturated carbocycles. The van der Waals surface area contributed by atoms with Crippen LogP contribution in [0.5, 0.6) is 0 Å². The van der Waals surface area contributed by atoms with Crippen LogP contribution in [-0.4, -0.2) is 69.9 Å². The Hall–Kier alpha value is -2.18. The second-order valence-corrected chi connectivity index (χ2v) is 8.20. The van der Waals surface area contributed by atoms with Gasteiger partial charge in [-0.2, -0.15) is 5.10 Å². The number of rotatable bonds is 3. The van der Waals surface area contributed by atoms with Crippen LogP contribution < -0.4 is 0 Å². The Bertz CT molecular complexity index is 817. The van der Waals surface area contributed by atoms with Gasteiger partial charge in [0.1, 0.15) is 5.69 Å². The molecule has 4 atom stereocenters. The van der Waals surface area contributed by atoms with Crippen LogP contribution in [0.2, 0.25) is 0 Å². The van der Waals surface area contributed by atoms with Crippen molar-refractivity contribution in [3.63, 3.8) is 0 Å². The van der Waals surface area contributed by atoms with Gasteiger partial charge in [0.2, 0.25) is 0 Å². The number of likely N-dealkylation sites (tertiary alicyclic amines) is 1. The van der Waals surface area contributed by atoms with Gasteiger partial charge in [0, 0.05) is 31.7 Å². The SMILES string of the molecule is CN(C)[C@@H]1C[C@@H]2CN(C(=O)c3cc(-c4ccccc4)nn3C)C[C@@H]2C[C@H]1O. The lowest BCUT2D eigenvalue weighted by atomic mass is 9.77. The molecule has 2 heterocycles. The number of carbonyl (C=O) groups excluding carboxylic acids is 1. The minimum atomic E-state index is -0.308. The maximum Gasteiger partial charge on any atom is 0.272 e. The van der Waals surface area contributed by atoms with Gasteiger partial charge in [-0.05, 0) is 44.8 Å². The summed E-state index contributed by atoms with van der Waals surface area (Å²) in [6, 6.07) is 12.0. The summed E-state index contributed by atoms with van der Waals surface area (Å²) in [5.74, 6) is 0.894. The lowest BCUT2D eigenvalue weighted by Crippen LogP contribution is -2.46. The van der Waals surface area contributed by atoms with Crippen molar-refractivity contribution in [2.24, 2.45) is 18.9 Å². The van der Waals surface area contributed by atoms with Crippen molar-refractivity contribution in [2.75, 3.05) is 27.2 Å². The number of hydrogen-bond donors (Lipinski definition) is 1. The molecule has 0 spiro atoms. The van der Waals surface area contributed by atoms with Crippen molar-refractivity contribution in [3.05, 3.63) is 42.1 Å². The van der Waals surface area contributed by atoms with E-state index in [1.807, 2.05) is 62.4 Å². The average Bonchev–Trinajstić information content (AvgIpc) is 3.24. The number of aliphatic hydroxyl groups is 1. The molecule has 6 nitrogen and oxygen atoms in total. The quantitative estimate of drug-likeness (QED) is 0.898. The van der Waals surface area contributed by atoms with Crippen LogP contribution >= 0.6 is 0 Å². The normalized spacial score (nSPS) is 27.8. The Morgan fingerprint density at radius 3 is 2.48 bits per heavy atom. The fourth-order valence-electron chi connectivity index (χ4n) is 4.71. The molecule has 0 bridgehead atoms. The molecule has 1 N–H and O–H groups in total. The highest BCUT2D eigenvalue weighted by Crippen LogP contribution is 2.38. The van der Waals surface area contributed by atoms with Gasteiger partial charge in [0.25, 0.3) is 5.91 Å². The van der Waals surface area contributed by atoms with Crippen LogP contribution in [0.3, 0.4) is 0 Å². The molecule has 1 aliphatic heterocycles. The number of likely N-dealkylation sites (N-methyl/N-ethyl adjacent to an activating group) is 1. The molecule has 1 amide bonds. The summed E-state index contributed by atoms with van der Waals surface area (Å²) in [5, 5.41) is 15.0.